The van der Waals surface area contributed by atoms with Crippen LogP contribution in [-0.4, -0.2) is 23.9 Å². The van der Waals surface area contributed by atoms with E-state index in [-0.39, 0.29) is 5.41 Å². The zero-order valence-corrected chi connectivity index (χ0v) is 13.9. The van der Waals surface area contributed by atoms with Crippen molar-refractivity contribution < 1.29 is 4.79 Å². The van der Waals surface area contributed by atoms with Crippen LogP contribution >= 0.6 is 0 Å². The Morgan fingerprint density at radius 1 is 1.11 bits per heavy atom. The first-order chi connectivity index (χ1) is 8.65. The summed E-state index contributed by atoms with van der Waals surface area (Å²) in [6, 6.07) is 0. The van der Waals surface area contributed by atoms with Gasteiger partial charge in [0.25, 0.3) is 0 Å². The summed E-state index contributed by atoms with van der Waals surface area (Å²) in [5, 5.41) is 0. The highest BCUT2D eigenvalue weighted by Gasteiger charge is 2.32. The number of likely N-dealkylation sites (tertiary alicyclic amines) is 1. The second-order valence-corrected chi connectivity index (χ2v) is 8.06. The fourth-order valence-corrected chi connectivity index (χ4v) is 2.84. The lowest BCUT2D eigenvalue weighted by Crippen LogP contribution is -2.42. The molecule has 2 nitrogen and oxygen atoms in total. The molecule has 0 radical (unpaired) electrons. The molecule has 0 aliphatic carbocycles. The summed E-state index contributed by atoms with van der Waals surface area (Å²) >= 11 is 0. The molecule has 0 aromatic rings. The zero-order valence-electron chi connectivity index (χ0n) is 13.9. The third-order valence-electron chi connectivity index (χ3n) is 4.95. The summed E-state index contributed by atoms with van der Waals surface area (Å²) in [5.74, 6) is 1.15. The number of piperidine rings is 1. The second kappa shape index (κ2) is 6.28. The van der Waals surface area contributed by atoms with Gasteiger partial charge in [0.1, 0.15) is 0 Å². The number of rotatable bonds is 4. The molecular formula is C17H33NO. The van der Waals surface area contributed by atoms with Crippen molar-refractivity contribution in [3.8, 4) is 0 Å². The lowest BCUT2D eigenvalue weighted by atomic mass is 9.72. The molecule has 0 spiro atoms. The average Bonchev–Trinajstić information content (AvgIpc) is 2.35. The van der Waals surface area contributed by atoms with Gasteiger partial charge in [-0.15, -0.1) is 0 Å². The Morgan fingerprint density at radius 3 is 2.05 bits per heavy atom. The molecule has 0 saturated carbocycles. The van der Waals surface area contributed by atoms with Crippen LogP contribution in [0, 0.1) is 16.7 Å². The highest BCUT2D eigenvalue weighted by molar-refractivity contribution is 5.76. The van der Waals surface area contributed by atoms with Crippen LogP contribution in [0.15, 0.2) is 0 Å². The number of carbonyl (C=O) groups is 1. The molecule has 1 amide bonds. The van der Waals surface area contributed by atoms with Gasteiger partial charge in [-0.05, 0) is 36.0 Å². The van der Waals surface area contributed by atoms with Crippen molar-refractivity contribution in [3.05, 3.63) is 0 Å². The first-order valence-electron chi connectivity index (χ1n) is 7.93. The van der Waals surface area contributed by atoms with E-state index in [9.17, 15) is 4.79 Å². The van der Waals surface area contributed by atoms with Crippen molar-refractivity contribution in [2.45, 2.75) is 73.6 Å². The molecule has 0 aromatic carbocycles. The molecule has 0 atom stereocenters. The lowest BCUT2D eigenvalue weighted by Gasteiger charge is -2.40. The first kappa shape index (κ1) is 16.5. The molecule has 1 fully saturated rings. The molecule has 2 heteroatoms. The third kappa shape index (κ3) is 5.16. The number of amides is 1. The summed E-state index contributed by atoms with van der Waals surface area (Å²) in [7, 11) is 0. The summed E-state index contributed by atoms with van der Waals surface area (Å²) in [4.78, 5) is 14.3. The standard InChI is InChI=1S/C17H33NO/c1-7-17(5,6)14-9-12-18(13-10-14)15(19)8-11-16(2,3)4/h14H,7-13H2,1-6H3. The largest absolute Gasteiger partial charge is 0.343 e. The van der Waals surface area contributed by atoms with Crippen LogP contribution in [-0.2, 0) is 4.79 Å². The number of nitrogens with zero attached hydrogens (tertiary/aromatic N) is 1. The fraction of sp³-hybridized carbons (Fsp3) is 0.941. The molecule has 19 heavy (non-hydrogen) atoms. The molecule has 0 bridgehead atoms. The fourth-order valence-electron chi connectivity index (χ4n) is 2.84. The van der Waals surface area contributed by atoms with Crippen molar-refractivity contribution in [2.24, 2.45) is 16.7 Å². The minimum atomic E-state index is 0.262. The van der Waals surface area contributed by atoms with Gasteiger partial charge in [0.05, 0.1) is 0 Å². The van der Waals surface area contributed by atoms with E-state index in [1.165, 1.54) is 19.3 Å². The summed E-state index contributed by atoms with van der Waals surface area (Å²) < 4.78 is 0. The highest BCUT2D eigenvalue weighted by atomic mass is 16.2. The smallest absolute Gasteiger partial charge is 0.222 e. The van der Waals surface area contributed by atoms with Gasteiger partial charge >= 0.3 is 0 Å². The van der Waals surface area contributed by atoms with Gasteiger partial charge in [-0.2, -0.15) is 0 Å². The SMILES string of the molecule is CCC(C)(C)C1CCN(C(=O)CCC(C)(C)C)CC1. The van der Waals surface area contributed by atoms with Gasteiger partial charge in [0.2, 0.25) is 5.91 Å². The Labute approximate surface area is 119 Å². The Hall–Kier alpha value is -0.530. The molecular weight excluding hydrogens is 234 g/mol. The van der Waals surface area contributed by atoms with Crippen molar-refractivity contribution in [1.82, 2.24) is 4.90 Å². The lowest BCUT2D eigenvalue weighted by molar-refractivity contribution is -0.133. The van der Waals surface area contributed by atoms with Crippen LogP contribution in [0.5, 0.6) is 0 Å². The van der Waals surface area contributed by atoms with Gasteiger partial charge in [-0.1, -0.05) is 48.0 Å². The maximum atomic E-state index is 12.2. The third-order valence-corrected chi connectivity index (χ3v) is 4.95. The van der Waals surface area contributed by atoms with Crippen LogP contribution in [0.1, 0.15) is 73.6 Å². The molecule has 1 rings (SSSR count). The molecule has 0 N–H and O–H groups in total. The van der Waals surface area contributed by atoms with Crippen LogP contribution < -0.4 is 0 Å². The first-order valence-corrected chi connectivity index (χ1v) is 7.93. The normalized spacial score (nSPS) is 18.7. The van der Waals surface area contributed by atoms with E-state index in [4.69, 9.17) is 0 Å². The predicted octanol–water partition coefficient (Wildman–Crippen LogP) is 4.49. The Balaban J connectivity index is 2.39. The minimum Gasteiger partial charge on any atom is -0.343 e. The highest BCUT2D eigenvalue weighted by Crippen LogP contribution is 2.37. The molecule has 1 saturated heterocycles. The average molecular weight is 267 g/mol. The monoisotopic (exact) mass is 267 g/mol. The molecule has 1 aliphatic rings. The van der Waals surface area contributed by atoms with Gasteiger partial charge in [-0.25, -0.2) is 0 Å². The molecule has 1 heterocycles. The van der Waals surface area contributed by atoms with Gasteiger partial charge < -0.3 is 4.90 Å². The summed E-state index contributed by atoms with van der Waals surface area (Å²) in [6.07, 6.45) is 5.30. The van der Waals surface area contributed by atoms with E-state index in [0.29, 0.717) is 17.7 Å². The number of hydrogen-bond acceptors (Lipinski definition) is 1. The van der Waals surface area contributed by atoms with Crippen LogP contribution in [0.25, 0.3) is 0 Å². The summed E-state index contributed by atoms with van der Waals surface area (Å²) in [6.45, 7) is 15.6. The Bertz CT molecular complexity index is 293. The zero-order chi connectivity index (χ0) is 14.7. The van der Waals surface area contributed by atoms with E-state index in [1.54, 1.807) is 0 Å². The van der Waals surface area contributed by atoms with E-state index >= 15 is 0 Å². The maximum absolute atomic E-state index is 12.2. The van der Waals surface area contributed by atoms with Crippen molar-refractivity contribution >= 4 is 5.91 Å². The Kier molecular flexibility index (Phi) is 5.46. The van der Waals surface area contributed by atoms with Crippen LogP contribution in [0.3, 0.4) is 0 Å². The molecule has 112 valence electrons. The van der Waals surface area contributed by atoms with Crippen LogP contribution in [0.4, 0.5) is 0 Å². The quantitative estimate of drug-likeness (QED) is 0.735. The van der Waals surface area contributed by atoms with E-state index in [1.807, 2.05) is 0 Å². The second-order valence-electron chi connectivity index (χ2n) is 8.06. The topological polar surface area (TPSA) is 20.3 Å². The van der Waals surface area contributed by atoms with Crippen molar-refractivity contribution in [3.63, 3.8) is 0 Å². The number of hydrogen-bond donors (Lipinski definition) is 0. The minimum absolute atomic E-state index is 0.262. The molecule has 1 aliphatic heterocycles. The van der Waals surface area contributed by atoms with E-state index < -0.39 is 0 Å². The predicted molar refractivity (Wildman–Crippen MR) is 82.1 cm³/mol. The Morgan fingerprint density at radius 2 is 1.63 bits per heavy atom. The van der Waals surface area contributed by atoms with Crippen LogP contribution in [0.2, 0.25) is 0 Å². The van der Waals surface area contributed by atoms with Crippen molar-refractivity contribution in [2.75, 3.05) is 13.1 Å². The van der Waals surface area contributed by atoms with Gasteiger partial charge in [-0.3, -0.25) is 4.79 Å². The summed E-state index contributed by atoms with van der Waals surface area (Å²) in [5.41, 5.74) is 0.693. The molecule has 0 unspecified atom stereocenters. The molecule has 0 aromatic heterocycles. The van der Waals surface area contributed by atoms with Gasteiger partial charge in [0, 0.05) is 19.5 Å². The van der Waals surface area contributed by atoms with E-state index in [0.717, 1.165) is 25.4 Å². The van der Waals surface area contributed by atoms with Crippen molar-refractivity contribution in [1.29, 1.82) is 0 Å². The van der Waals surface area contributed by atoms with E-state index in [2.05, 4.69) is 46.4 Å². The maximum Gasteiger partial charge on any atom is 0.222 e. The van der Waals surface area contributed by atoms with Gasteiger partial charge in [0.15, 0.2) is 0 Å². The number of carbonyl (C=O) groups excluding carboxylic acids is 1.